The maximum Gasteiger partial charge on any atom is 0.220 e. The normalized spacial score (nSPS) is 12.8. The fraction of sp³-hybridized carbons (Fsp3) is 0.919. The van der Waals surface area contributed by atoms with Crippen LogP contribution in [-0.2, 0) is 4.79 Å². The molecule has 1 amide bonds. The molecule has 0 aliphatic heterocycles. The van der Waals surface area contributed by atoms with Crippen molar-refractivity contribution in [1.29, 1.82) is 0 Å². The third-order valence-corrected chi connectivity index (χ3v) is 14.5. The van der Waals surface area contributed by atoms with Crippen LogP contribution in [0.15, 0.2) is 24.3 Å². The maximum atomic E-state index is 12.5. The first kappa shape index (κ1) is 64.9. The highest BCUT2D eigenvalue weighted by Gasteiger charge is 2.20. The van der Waals surface area contributed by atoms with Gasteiger partial charge in [0.25, 0.3) is 0 Å². The molecule has 392 valence electrons. The number of hydrogen-bond donors (Lipinski definition) is 3. The van der Waals surface area contributed by atoms with Gasteiger partial charge >= 0.3 is 0 Å². The van der Waals surface area contributed by atoms with Crippen molar-refractivity contribution >= 4 is 5.91 Å². The topological polar surface area (TPSA) is 69.6 Å². The molecule has 2 atom stereocenters. The van der Waals surface area contributed by atoms with Gasteiger partial charge in [0.05, 0.1) is 18.8 Å². The van der Waals surface area contributed by atoms with Crippen LogP contribution >= 0.6 is 0 Å². The Morgan fingerprint density at radius 2 is 0.621 bits per heavy atom. The van der Waals surface area contributed by atoms with Gasteiger partial charge in [-0.05, 0) is 44.9 Å². The second-order valence-electron chi connectivity index (χ2n) is 21.1. The van der Waals surface area contributed by atoms with E-state index in [2.05, 4.69) is 43.5 Å². The predicted molar refractivity (Wildman–Crippen MR) is 295 cm³/mol. The van der Waals surface area contributed by atoms with Crippen LogP contribution in [0.2, 0.25) is 0 Å². The van der Waals surface area contributed by atoms with Gasteiger partial charge in [0.1, 0.15) is 0 Å². The number of aliphatic hydroxyl groups is 2. The molecule has 0 aromatic rings. The molecule has 0 fully saturated rings. The molecule has 0 radical (unpaired) electrons. The summed E-state index contributed by atoms with van der Waals surface area (Å²) in [6.07, 6.45) is 77.6. The van der Waals surface area contributed by atoms with E-state index in [0.29, 0.717) is 12.8 Å². The Morgan fingerprint density at radius 3 is 0.909 bits per heavy atom. The van der Waals surface area contributed by atoms with Crippen LogP contribution < -0.4 is 5.32 Å². The van der Waals surface area contributed by atoms with Crippen LogP contribution in [0.5, 0.6) is 0 Å². The number of nitrogens with one attached hydrogen (secondary N) is 1. The summed E-state index contributed by atoms with van der Waals surface area (Å²) in [7, 11) is 0. The van der Waals surface area contributed by atoms with Crippen molar-refractivity contribution in [2.24, 2.45) is 0 Å². The lowest BCUT2D eigenvalue weighted by Gasteiger charge is -2.22. The van der Waals surface area contributed by atoms with E-state index in [-0.39, 0.29) is 12.5 Å². The highest BCUT2D eigenvalue weighted by molar-refractivity contribution is 5.76. The SMILES string of the molecule is CCCCCCCCCCC/C=C\C/C=C\CCCCCCCCCCCCCCCC(=O)NC(CO)C(O)CCCCCCCCCCCCCCCCCCCCCCCCCCC. The fourth-order valence-corrected chi connectivity index (χ4v) is 9.81. The Morgan fingerprint density at radius 1 is 0.364 bits per heavy atom. The Hall–Kier alpha value is -1.13. The number of aliphatic hydroxyl groups excluding tert-OH is 2. The molecule has 0 saturated heterocycles. The second-order valence-corrected chi connectivity index (χ2v) is 21.1. The largest absolute Gasteiger partial charge is 0.394 e. The minimum atomic E-state index is -0.660. The van der Waals surface area contributed by atoms with Gasteiger partial charge in [-0.3, -0.25) is 4.79 Å². The molecule has 0 bridgehead atoms. The number of carbonyl (C=O) groups excluding carboxylic acids is 1. The van der Waals surface area contributed by atoms with Crippen LogP contribution in [0.4, 0.5) is 0 Å². The molecule has 0 heterocycles. The van der Waals surface area contributed by atoms with Crippen LogP contribution in [0.25, 0.3) is 0 Å². The Kier molecular flexibility index (Phi) is 57.2. The van der Waals surface area contributed by atoms with Crippen LogP contribution in [0.3, 0.4) is 0 Å². The number of carbonyl (C=O) groups is 1. The monoisotopic (exact) mass is 928 g/mol. The number of allylic oxidation sites excluding steroid dienone is 4. The van der Waals surface area contributed by atoms with Gasteiger partial charge < -0.3 is 15.5 Å². The zero-order chi connectivity index (χ0) is 47.7. The second kappa shape index (κ2) is 58.2. The minimum absolute atomic E-state index is 0.0261. The Balaban J connectivity index is 3.43. The number of rotatable bonds is 57. The van der Waals surface area contributed by atoms with Crippen molar-refractivity contribution in [2.45, 2.75) is 360 Å². The lowest BCUT2D eigenvalue weighted by molar-refractivity contribution is -0.123. The molecular formula is C62H121NO3. The van der Waals surface area contributed by atoms with Gasteiger partial charge in [0, 0.05) is 6.42 Å². The van der Waals surface area contributed by atoms with Crippen molar-refractivity contribution in [2.75, 3.05) is 6.61 Å². The molecule has 4 nitrogen and oxygen atoms in total. The van der Waals surface area contributed by atoms with Crippen LogP contribution in [0, 0.1) is 0 Å². The van der Waals surface area contributed by atoms with E-state index < -0.39 is 12.1 Å². The standard InChI is InChI=1S/C62H121NO3/c1-3-5-7-9-11-13-15-17-19-21-23-25-27-29-30-31-32-34-36-38-40-42-44-46-48-50-52-54-56-58-62(66)63-60(59-64)61(65)57-55-53-51-49-47-45-43-41-39-37-35-33-28-26-24-22-20-18-16-14-12-10-8-6-4-2/h23,25,29-30,60-61,64-65H,3-22,24,26-28,31-59H2,1-2H3,(H,63,66)/b25-23-,30-29-. The first-order valence-corrected chi connectivity index (χ1v) is 30.5. The molecule has 66 heavy (non-hydrogen) atoms. The average Bonchev–Trinajstić information content (AvgIpc) is 3.32. The lowest BCUT2D eigenvalue weighted by Crippen LogP contribution is -2.45. The van der Waals surface area contributed by atoms with Gasteiger partial charge in [0.2, 0.25) is 5.91 Å². The van der Waals surface area contributed by atoms with Crippen molar-refractivity contribution in [3.05, 3.63) is 24.3 Å². The van der Waals surface area contributed by atoms with Gasteiger partial charge in [-0.2, -0.15) is 0 Å². The van der Waals surface area contributed by atoms with Crippen molar-refractivity contribution in [3.8, 4) is 0 Å². The molecule has 2 unspecified atom stereocenters. The highest BCUT2D eigenvalue weighted by Crippen LogP contribution is 2.18. The van der Waals surface area contributed by atoms with Crippen molar-refractivity contribution < 1.29 is 15.0 Å². The molecule has 0 aromatic heterocycles. The van der Waals surface area contributed by atoms with E-state index in [9.17, 15) is 15.0 Å². The van der Waals surface area contributed by atoms with Gasteiger partial charge in [0.15, 0.2) is 0 Å². The molecule has 0 aliphatic rings. The molecule has 0 saturated carbocycles. The van der Waals surface area contributed by atoms with E-state index >= 15 is 0 Å². The molecule has 0 aliphatic carbocycles. The average molecular weight is 929 g/mol. The van der Waals surface area contributed by atoms with E-state index in [0.717, 1.165) is 32.1 Å². The fourth-order valence-electron chi connectivity index (χ4n) is 9.81. The van der Waals surface area contributed by atoms with Crippen molar-refractivity contribution in [3.63, 3.8) is 0 Å². The lowest BCUT2D eigenvalue weighted by atomic mass is 10.0. The van der Waals surface area contributed by atoms with Gasteiger partial charge in [-0.1, -0.05) is 321 Å². The molecular weight excluding hydrogens is 807 g/mol. The summed E-state index contributed by atoms with van der Waals surface area (Å²) in [5.74, 6) is -0.0261. The van der Waals surface area contributed by atoms with Gasteiger partial charge in [-0.15, -0.1) is 0 Å². The minimum Gasteiger partial charge on any atom is -0.394 e. The zero-order valence-electron chi connectivity index (χ0n) is 45.2. The summed E-state index contributed by atoms with van der Waals surface area (Å²) in [5, 5.41) is 23.4. The Labute approximate surface area is 415 Å². The van der Waals surface area contributed by atoms with E-state index in [1.807, 2.05) is 0 Å². The molecule has 0 spiro atoms. The molecule has 3 N–H and O–H groups in total. The number of unbranched alkanes of at least 4 members (excludes halogenated alkanes) is 46. The predicted octanol–water partition coefficient (Wildman–Crippen LogP) is 20.3. The molecule has 0 rings (SSSR count). The summed E-state index contributed by atoms with van der Waals surface area (Å²) in [6.45, 7) is 4.40. The summed E-state index contributed by atoms with van der Waals surface area (Å²) in [5.41, 5.74) is 0. The number of hydrogen-bond acceptors (Lipinski definition) is 3. The smallest absolute Gasteiger partial charge is 0.220 e. The first-order valence-electron chi connectivity index (χ1n) is 30.5. The summed E-state index contributed by atoms with van der Waals surface area (Å²) >= 11 is 0. The highest BCUT2D eigenvalue weighted by atomic mass is 16.3. The van der Waals surface area contributed by atoms with E-state index in [1.54, 1.807) is 0 Å². The third-order valence-electron chi connectivity index (χ3n) is 14.5. The van der Waals surface area contributed by atoms with Gasteiger partial charge in [-0.25, -0.2) is 0 Å². The van der Waals surface area contributed by atoms with Crippen molar-refractivity contribution in [1.82, 2.24) is 5.32 Å². The summed E-state index contributed by atoms with van der Waals surface area (Å²) < 4.78 is 0. The number of amides is 1. The zero-order valence-corrected chi connectivity index (χ0v) is 45.2. The van der Waals surface area contributed by atoms with Crippen LogP contribution in [0.1, 0.15) is 348 Å². The summed E-state index contributed by atoms with van der Waals surface area (Å²) in [4.78, 5) is 12.5. The first-order chi connectivity index (χ1) is 32.7. The molecule has 0 aromatic carbocycles. The molecule has 4 heteroatoms. The summed E-state index contributed by atoms with van der Waals surface area (Å²) in [6, 6.07) is -0.537. The third kappa shape index (κ3) is 53.8. The quantitative estimate of drug-likeness (QED) is 0.0420. The van der Waals surface area contributed by atoms with E-state index in [4.69, 9.17) is 0 Å². The Bertz CT molecular complexity index is 963. The van der Waals surface area contributed by atoms with E-state index in [1.165, 1.54) is 289 Å². The maximum absolute atomic E-state index is 12.5. The van der Waals surface area contributed by atoms with Crippen LogP contribution in [-0.4, -0.2) is 34.9 Å².